The number of carbonyl (C=O) groups is 1. The molecule has 0 aliphatic rings. The SMILES string of the molecule is CC(NC(=O)COc1ccccc1F)c1ccc(-n2cncn2)cc1. The van der Waals surface area contributed by atoms with Crippen LogP contribution in [0.25, 0.3) is 5.69 Å². The molecule has 0 saturated heterocycles. The summed E-state index contributed by atoms with van der Waals surface area (Å²) >= 11 is 0. The number of nitrogens with one attached hydrogen (secondary N) is 1. The third kappa shape index (κ3) is 4.20. The van der Waals surface area contributed by atoms with Crippen LogP contribution in [0.15, 0.2) is 61.2 Å². The number of halogens is 1. The van der Waals surface area contributed by atoms with E-state index < -0.39 is 5.82 Å². The maximum Gasteiger partial charge on any atom is 0.258 e. The molecule has 0 aliphatic carbocycles. The minimum absolute atomic E-state index is 0.0579. The summed E-state index contributed by atoms with van der Waals surface area (Å²) in [4.78, 5) is 15.9. The summed E-state index contributed by atoms with van der Waals surface area (Å²) in [6.07, 6.45) is 3.08. The van der Waals surface area contributed by atoms with Crippen LogP contribution < -0.4 is 10.1 Å². The highest BCUT2D eigenvalue weighted by Gasteiger charge is 2.11. The van der Waals surface area contributed by atoms with Gasteiger partial charge in [-0.05, 0) is 36.8 Å². The van der Waals surface area contributed by atoms with Crippen molar-refractivity contribution in [3.05, 3.63) is 72.6 Å². The van der Waals surface area contributed by atoms with E-state index >= 15 is 0 Å². The number of para-hydroxylation sites is 1. The Labute approximate surface area is 144 Å². The van der Waals surface area contributed by atoms with Crippen molar-refractivity contribution in [2.75, 3.05) is 6.61 Å². The van der Waals surface area contributed by atoms with Gasteiger partial charge in [-0.15, -0.1) is 0 Å². The number of nitrogens with zero attached hydrogens (tertiary/aromatic N) is 3. The van der Waals surface area contributed by atoms with Crippen LogP contribution in [0, 0.1) is 5.82 Å². The summed E-state index contributed by atoms with van der Waals surface area (Å²) in [5.74, 6) is -0.759. The highest BCUT2D eigenvalue weighted by Crippen LogP contribution is 2.16. The van der Waals surface area contributed by atoms with Crippen LogP contribution in [-0.4, -0.2) is 27.3 Å². The lowest BCUT2D eigenvalue weighted by atomic mass is 10.1. The Balaban J connectivity index is 1.55. The first kappa shape index (κ1) is 16.6. The molecular formula is C18H17FN4O2. The molecule has 1 atom stereocenters. The lowest BCUT2D eigenvalue weighted by Crippen LogP contribution is -2.31. The van der Waals surface area contributed by atoms with Gasteiger partial charge in [-0.3, -0.25) is 4.79 Å². The number of aromatic nitrogens is 3. The van der Waals surface area contributed by atoms with Crippen LogP contribution in [0.5, 0.6) is 5.75 Å². The normalized spacial score (nSPS) is 11.8. The van der Waals surface area contributed by atoms with Gasteiger partial charge >= 0.3 is 0 Å². The highest BCUT2D eigenvalue weighted by atomic mass is 19.1. The summed E-state index contributed by atoms with van der Waals surface area (Å²) in [5.41, 5.74) is 1.81. The van der Waals surface area contributed by atoms with Gasteiger partial charge in [0.1, 0.15) is 12.7 Å². The molecule has 1 unspecified atom stereocenters. The van der Waals surface area contributed by atoms with Gasteiger partial charge in [-0.1, -0.05) is 24.3 Å². The molecular weight excluding hydrogens is 323 g/mol. The van der Waals surface area contributed by atoms with Crippen molar-refractivity contribution >= 4 is 5.91 Å². The number of hydrogen-bond acceptors (Lipinski definition) is 4. The molecule has 0 radical (unpaired) electrons. The average Bonchev–Trinajstić information content (AvgIpc) is 3.16. The molecule has 1 heterocycles. The van der Waals surface area contributed by atoms with Crippen LogP contribution in [0.1, 0.15) is 18.5 Å². The third-order valence-electron chi connectivity index (χ3n) is 3.65. The molecule has 6 nitrogen and oxygen atoms in total. The second-order valence-electron chi connectivity index (χ2n) is 5.44. The summed E-state index contributed by atoms with van der Waals surface area (Å²) in [6, 6.07) is 13.4. The summed E-state index contributed by atoms with van der Waals surface area (Å²) in [5, 5.41) is 6.88. The second kappa shape index (κ2) is 7.57. The molecule has 0 bridgehead atoms. The van der Waals surface area contributed by atoms with Gasteiger partial charge in [0.2, 0.25) is 0 Å². The molecule has 25 heavy (non-hydrogen) atoms. The number of hydrogen-bond donors (Lipinski definition) is 1. The van der Waals surface area contributed by atoms with Crippen molar-refractivity contribution in [1.82, 2.24) is 20.1 Å². The fraction of sp³-hybridized carbons (Fsp3) is 0.167. The molecule has 0 saturated carbocycles. The van der Waals surface area contributed by atoms with E-state index in [4.69, 9.17) is 4.74 Å². The van der Waals surface area contributed by atoms with Gasteiger partial charge in [-0.2, -0.15) is 5.10 Å². The topological polar surface area (TPSA) is 69.0 Å². The first-order chi connectivity index (χ1) is 12.1. The number of amides is 1. The number of rotatable bonds is 6. The van der Waals surface area contributed by atoms with E-state index in [2.05, 4.69) is 15.4 Å². The molecule has 1 amide bonds. The molecule has 7 heteroatoms. The zero-order valence-corrected chi connectivity index (χ0v) is 13.6. The van der Waals surface area contributed by atoms with Crippen molar-refractivity contribution in [1.29, 1.82) is 0 Å². The van der Waals surface area contributed by atoms with Gasteiger partial charge in [0.05, 0.1) is 11.7 Å². The van der Waals surface area contributed by atoms with E-state index in [1.807, 2.05) is 31.2 Å². The van der Waals surface area contributed by atoms with E-state index in [0.29, 0.717) is 0 Å². The second-order valence-corrected chi connectivity index (χ2v) is 5.44. The molecule has 0 spiro atoms. The summed E-state index contributed by atoms with van der Waals surface area (Å²) in [7, 11) is 0. The Morgan fingerprint density at radius 2 is 2.00 bits per heavy atom. The molecule has 0 fully saturated rings. The largest absolute Gasteiger partial charge is 0.481 e. The van der Waals surface area contributed by atoms with Crippen molar-refractivity contribution in [2.45, 2.75) is 13.0 Å². The zero-order valence-electron chi connectivity index (χ0n) is 13.6. The quantitative estimate of drug-likeness (QED) is 0.749. The summed E-state index contributed by atoms with van der Waals surface area (Å²) < 4.78 is 20.3. The molecule has 128 valence electrons. The maximum atomic E-state index is 13.5. The minimum atomic E-state index is -0.493. The monoisotopic (exact) mass is 340 g/mol. The average molecular weight is 340 g/mol. The van der Waals surface area contributed by atoms with E-state index in [1.54, 1.807) is 23.1 Å². The first-order valence-electron chi connectivity index (χ1n) is 7.75. The first-order valence-corrected chi connectivity index (χ1v) is 7.75. The van der Waals surface area contributed by atoms with Crippen molar-refractivity contribution in [3.8, 4) is 11.4 Å². The van der Waals surface area contributed by atoms with Gasteiger partial charge in [0, 0.05) is 0 Å². The van der Waals surface area contributed by atoms with Crippen LogP contribution in [0.4, 0.5) is 4.39 Å². The van der Waals surface area contributed by atoms with Crippen LogP contribution in [0.3, 0.4) is 0 Å². The number of carbonyl (C=O) groups excluding carboxylic acids is 1. The predicted octanol–water partition coefficient (Wildman–Crippen LogP) is 2.66. The molecule has 2 aromatic carbocycles. The number of benzene rings is 2. The lowest BCUT2D eigenvalue weighted by molar-refractivity contribution is -0.123. The standard InChI is InChI=1S/C18H17FN4O2/c1-13(14-6-8-15(9-7-14)23-12-20-11-21-23)22-18(24)10-25-17-5-3-2-4-16(17)19/h2-9,11-13H,10H2,1H3,(H,22,24). The Morgan fingerprint density at radius 1 is 1.24 bits per heavy atom. The van der Waals surface area contributed by atoms with Crippen LogP contribution in [-0.2, 0) is 4.79 Å². The molecule has 0 aliphatic heterocycles. The Kier molecular flexibility index (Phi) is 5.03. The maximum absolute atomic E-state index is 13.5. The molecule has 1 aromatic heterocycles. The fourth-order valence-corrected chi connectivity index (χ4v) is 2.33. The molecule has 3 rings (SSSR count). The smallest absolute Gasteiger partial charge is 0.258 e. The van der Waals surface area contributed by atoms with Gasteiger partial charge in [0.15, 0.2) is 18.2 Å². The lowest BCUT2D eigenvalue weighted by Gasteiger charge is -2.15. The zero-order chi connectivity index (χ0) is 17.6. The Bertz CT molecular complexity index is 835. The van der Waals surface area contributed by atoms with E-state index in [0.717, 1.165) is 11.3 Å². The van der Waals surface area contributed by atoms with Gasteiger partial charge in [0.25, 0.3) is 5.91 Å². The van der Waals surface area contributed by atoms with E-state index in [-0.39, 0.29) is 24.3 Å². The highest BCUT2D eigenvalue weighted by molar-refractivity contribution is 5.78. The third-order valence-corrected chi connectivity index (χ3v) is 3.65. The predicted molar refractivity (Wildman–Crippen MR) is 89.8 cm³/mol. The number of ether oxygens (including phenoxy) is 1. The van der Waals surface area contributed by atoms with Gasteiger partial charge in [-0.25, -0.2) is 14.1 Å². The van der Waals surface area contributed by atoms with Crippen LogP contribution >= 0.6 is 0 Å². The Hall–Kier alpha value is -3.22. The Morgan fingerprint density at radius 3 is 2.68 bits per heavy atom. The van der Waals surface area contributed by atoms with Crippen molar-refractivity contribution in [2.24, 2.45) is 0 Å². The summed E-state index contributed by atoms with van der Waals surface area (Å²) in [6.45, 7) is 1.62. The van der Waals surface area contributed by atoms with E-state index in [9.17, 15) is 9.18 Å². The molecule has 3 aromatic rings. The minimum Gasteiger partial charge on any atom is -0.481 e. The van der Waals surface area contributed by atoms with Gasteiger partial charge < -0.3 is 10.1 Å². The van der Waals surface area contributed by atoms with Crippen LogP contribution in [0.2, 0.25) is 0 Å². The van der Waals surface area contributed by atoms with Crippen molar-refractivity contribution in [3.63, 3.8) is 0 Å². The van der Waals surface area contributed by atoms with Crippen molar-refractivity contribution < 1.29 is 13.9 Å². The van der Waals surface area contributed by atoms with E-state index in [1.165, 1.54) is 18.5 Å². The molecule has 1 N–H and O–H groups in total. The fourth-order valence-electron chi connectivity index (χ4n) is 2.33.